The summed E-state index contributed by atoms with van der Waals surface area (Å²) in [6, 6.07) is 9.82. The molecule has 4 aromatic rings. The fourth-order valence-corrected chi connectivity index (χ4v) is 5.11. The summed E-state index contributed by atoms with van der Waals surface area (Å²) in [5.74, 6) is 0.603. The zero-order valence-electron chi connectivity index (χ0n) is 17.5. The number of nitrogens with one attached hydrogen (secondary N) is 1. The molecule has 0 saturated heterocycles. The molecule has 3 aromatic heterocycles. The molecule has 1 amide bonds. The monoisotopic (exact) mass is 433 g/mol. The summed E-state index contributed by atoms with van der Waals surface area (Å²) in [5.41, 5.74) is 3.96. The number of aryl methyl sites for hydroxylation is 4. The molecule has 1 aromatic carbocycles. The maximum Gasteiger partial charge on any atom is 0.262 e. The Bertz CT molecular complexity index is 1350. The third-order valence-electron chi connectivity index (χ3n) is 5.90. The first-order chi connectivity index (χ1) is 15.0. The first-order valence-electron chi connectivity index (χ1n) is 10.4. The van der Waals surface area contributed by atoms with Crippen LogP contribution in [-0.4, -0.2) is 25.2 Å². The number of thiophene rings is 1. The minimum Gasteiger partial charge on any atom is -0.310 e. The number of para-hydroxylation sites is 1. The van der Waals surface area contributed by atoms with Crippen LogP contribution >= 0.6 is 11.3 Å². The van der Waals surface area contributed by atoms with Crippen molar-refractivity contribution in [3.63, 3.8) is 0 Å². The Morgan fingerprint density at radius 2 is 2.00 bits per heavy atom. The molecule has 31 heavy (non-hydrogen) atoms. The van der Waals surface area contributed by atoms with Crippen molar-refractivity contribution in [2.45, 2.75) is 46.1 Å². The van der Waals surface area contributed by atoms with Crippen molar-refractivity contribution in [1.29, 1.82) is 0 Å². The van der Waals surface area contributed by atoms with Gasteiger partial charge in [-0.25, -0.2) is 9.67 Å². The summed E-state index contributed by atoms with van der Waals surface area (Å²) in [6.07, 6.45) is 4.62. The summed E-state index contributed by atoms with van der Waals surface area (Å²) >= 11 is 1.53. The van der Waals surface area contributed by atoms with Crippen molar-refractivity contribution in [1.82, 2.24) is 19.3 Å². The summed E-state index contributed by atoms with van der Waals surface area (Å²) in [6.45, 7) is 4.22. The number of carbonyl (C=O) groups excluding carboxylic acids is 1. The molecule has 0 fully saturated rings. The topological polar surface area (TPSA) is 81.8 Å². The second kappa shape index (κ2) is 7.77. The fourth-order valence-electron chi connectivity index (χ4n) is 4.12. The van der Waals surface area contributed by atoms with Gasteiger partial charge in [-0.1, -0.05) is 18.2 Å². The number of amides is 1. The molecule has 158 valence electrons. The van der Waals surface area contributed by atoms with Crippen molar-refractivity contribution < 1.29 is 4.79 Å². The lowest BCUT2D eigenvalue weighted by atomic mass is 10.2. The number of hydrogen-bond acceptors (Lipinski definition) is 5. The van der Waals surface area contributed by atoms with Crippen molar-refractivity contribution in [3.05, 3.63) is 68.7 Å². The quantitative estimate of drug-likeness (QED) is 0.519. The van der Waals surface area contributed by atoms with E-state index in [1.807, 2.05) is 48.9 Å². The molecular weight excluding hydrogens is 410 g/mol. The largest absolute Gasteiger partial charge is 0.310 e. The van der Waals surface area contributed by atoms with Crippen molar-refractivity contribution >= 4 is 33.3 Å². The SMILES string of the molecule is Cc1sc2ncn(CCC(=O)Nc3c4c(nn3-c3ccccc3)CCC4)c(=O)c2c1C. The van der Waals surface area contributed by atoms with E-state index in [-0.39, 0.29) is 24.4 Å². The van der Waals surface area contributed by atoms with E-state index in [0.717, 1.165) is 57.3 Å². The molecule has 5 rings (SSSR count). The van der Waals surface area contributed by atoms with E-state index in [4.69, 9.17) is 5.10 Å². The zero-order valence-corrected chi connectivity index (χ0v) is 18.3. The lowest BCUT2D eigenvalue weighted by molar-refractivity contribution is -0.116. The average Bonchev–Trinajstić information content (AvgIpc) is 3.44. The highest BCUT2D eigenvalue weighted by Crippen LogP contribution is 2.31. The van der Waals surface area contributed by atoms with Gasteiger partial charge in [0, 0.05) is 23.4 Å². The molecule has 7 nitrogen and oxygen atoms in total. The first-order valence-corrected chi connectivity index (χ1v) is 11.3. The predicted octanol–water partition coefficient (Wildman–Crippen LogP) is 3.78. The summed E-state index contributed by atoms with van der Waals surface area (Å²) in [4.78, 5) is 32.0. The third-order valence-corrected chi connectivity index (χ3v) is 7.02. The van der Waals surface area contributed by atoms with Gasteiger partial charge in [-0.05, 0) is 50.8 Å². The van der Waals surface area contributed by atoms with Gasteiger partial charge in [0.25, 0.3) is 5.56 Å². The van der Waals surface area contributed by atoms with Gasteiger partial charge >= 0.3 is 0 Å². The lowest BCUT2D eigenvalue weighted by Crippen LogP contribution is -2.24. The van der Waals surface area contributed by atoms with Crippen LogP contribution in [0.25, 0.3) is 15.9 Å². The van der Waals surface area contributed by atoms with Crippen LogP contribution in [0, 0.1) is 13.8 Å². The van der Waals surface area contributed by atoms with Gasteiger partial charge in [-0.15, -0.1) is 11.3 Å². The van der Waals surface area contributed by atoms with E-state index >= 15 is 0 Å². The summed E-state index contributed by atoms with van der Waals surface area (Å²) in [7, 11) is 0. The molecule has 3 heterocycles. The third kappa shape index (κ3) is 3.46. The molecule has 0 aliphatic heterocycles. The van der Waals surface area contributed by atoms with Crippen molar-refractivity contribution in [2.24, 2.45) is 0 Å². The number of benzene rings is 1. The van der Waals surface area contributed by atoms with Crippen molar-refractivity contribution in [2.75, 3.05) is 5.32 Å². The van der Waals surface area contributed by atoms with Crippen LogP contribution in [0.4, 0.5) is 5.82 Å². The Labute approximate surface area is 183 Å². The van der Waals surface area contributed by atoms with E-state index in [2.05, 4.69) is 10.3 Å². The van der Waals surface area contributed by atoms with E-state index in [1.165, 1.54) is 15.9 Å². The Morgan fingerprint density at radius 3 is 2.81 bits per heavy atom. The molecule has 0 unspecified atom stereocenters. The number of anilines is 1. The zero-order chi connectivity index (χ0) is 21.5. The molecule has 1 aliphatic rings. The minimum absolute atomic E-state index is 0.0881. The van der Waals surface area contributed by atoms with Gasteiger partial charge in [-0.2, -0.15) is 5.10 Å². The predicted molar refractivity (Wildman–Crippen MR) is 122 cm³/mol. The molecule has 0 saturated carbocycles. The van der Waals surface area contributed by atoms with Crippen LogP contribution in [0.15, 0.2) is 41.5 Å². The van der Waals surface area contributed by atoms with Crippen LogP contribution in [0.2, 0.25) is 0 Å². The Morgan fingerprint density at radius 1 is 1.19 bits per heavy atom. The number of carbonyl (C=O) groups is 1. The molecule has 0 spiro atoms. The van der Waals surface area contributed by atoms with Crippen LogP contribution in [0.1, 0.15) is 34.5 Å². The number of nitrogens with zero attached hydrogens (tertiary/aromatic N) is 4. The second-order valence-corrected chi connectivity index (χ2v) is 9.08. The molecule has 0 bridgehead atoms. The van der Waals surface area contributed by atoms with E-state index in [0.29, 0.717) is 5.39 Å². The Kier molecular flexibility index (Phi) is 4.94. The van der Waals surface area contributed by atoms with Crippen molar-refractivity contribution in [3.8, 4) is 5.69 Å². The highest BCUT2D eigenvalue weighted by atomic mass is 32.1. The second-order valence-electron chi connectivity index (χ2n) is 7.88. The van der Waals surface area contributed by atoms with Crippen LogP contribution in [0.3, 0.4) is 0 Å². The fraction of sp³-hybridized carbons (Fsp3) is 0.304. The highest BCUT2D eigenvalue weighted by Gasteiger charge is 2.24. The van der Waals surface area contributed by atoms with Gasteiger partial charge in [0.2, 0.25) is 5.91 Å². The number of aromatic nitrogens is 4. The molecule has 0 radical (unpaired) electrons. The lowest BCUT2D eigenvalue weighted by Gasteiger charge is -2.11. The smallest absolute Gasteiger partial charge is 0.262 e. The van der Waals surface area contributed by atoms with E-state index in [1.54, 1.807) is 6.33 Å². The highest BCUT2D eigenvalue weighted by molar-refractivity contribution is 7.18. The van der Waals surface area contributed by atoms with Gasteiger partial charge in [0.15, 0.2) is 0 Å². The maximum absolute atomic E-state index is 12.9. The van der Waals surface area contributed by atoms with Crippen LogP contribution < -0.4 is 10.9 Å². The minimum atomic E-state index is -0.142. The first kappa shape index (κ1) is 19.7. The summed E-state index contributed by atoms with van der Waals surface area (Å²) in [5, 5.41) is 8.45. The Hall–Kier alpha value is -3.26. The maximum atomic E-state index is 12.9. The van der Waals surface area contributed by atoms with Gasteiger partial charge < -0.3 is 5.32 Å². The van der Waals surface area contributed by atoms with Gasteiger partial charge in [-0.3, -0.25) is 14.2 Å². The standard InChI is InChI=1S/C23H23N5O2S/c1-14-15(2)31-22-20(14)23(30)27(13-24-22)12-11-19(29)25-21-17-9-6-10-18(17)26-28(21)16-7-4-3-5-8-16/h3-5,7-8,13H,6,9-12H2,1-2H3,(H,25,29). The normalized spacial score (nSPS) is 13.0. The number of fused-ring (bicyclic) bond motifs is 2. The Balaban J connectivity index is 1.38. The molecule has 0 atom stereocenters. The average molecular weight is 434 g/mol. The molecular formula is C23H23N5O2S. The molecule has 1 aliphatic carbocycles. The molecule has 1 N–H and O–H groups in total. The van der Waals surface area contributed by atoms with Crippen LogP contribution in [-0.2, 0) is 24.2 Å². The van der Waals surface area contributed by atoms with Gasteiger partial charge in [0.05, 0.1) is 23.1 Å². The van der Waals surface area contributed by atoms with E-state index < -0.39 is 0 Å². The van der Waals surface area contributed by atoms with Gasteiger partial charge in [0.1, 0.15) is 10.6 Å². The molecule has 8 heteroatoms. The van der Waals surface area contributed by atoms with E-state index in [9.17, 15) is 9.59 Å². The summed E-state index contributed by atoms with van der Waals surface area (Å²) < 4.78 is 3.35. The van der Waals surface area contributed by atoms with Crippen LogP contribution in [0.5, 0.6) is 0 Å². The number of hydrogen-bond donors (Lipinski definition) is 1. The number of rotatable bonds is 5.